The highest BCUT2D eigenvalue weighted by atomic mass is 16.3. The van der Waals surface area contributed by atoms with Gasteiger partial charge in [0.05, 0.1) is 12.5 Å². The minimum atomic E-state index is -0.146. The Labute approximate surface area is 110 Å². The number of allylic oxidation sites excluding steroid dienone is 1. The number of aldehydes is 1. The van der Waals surface area contributed by atoms with Crippen LogP contribution in [-0.4, -0.2) is 17.5 Å². The molecule has 2 heterocycles. The van der Waals surface area contributed by atoms with E-state index in [1.54, 1.807) is 23.7 Å². The third-order valence-electron chi connectivity index (χ3n) is 3.02. The first-order valence-corrected chi connectivity index (χ1v) is 5.97. The maximum Gasteiger partial charge on any atom is 0.144 e. The fourth-order valence-corrected chi connectivity index (χ4v) is 2.19. The highest BCUT2D eigenvalue weighted by Gasteiger charge is 2.27. The van der Waals surface area contributed by atoms with Crippen LogP contribution < -0.4 is 0 Å². The minimum Gasteiger partial charge on any atom is -0.467 e. The van der Waals surface area contributed by atoms with Crippen LogP contribution >= 0.6 is 0 Å². The summed E-state index contributed by atoms with van der Waals surface area (Å²) in [6.07, 6.45) is 7.21. The lowest BCUT2D eigenvalue weighted by atomic mass is 9.97. The molecule has 0 spiro atoms. The Hall–Kier alpha value is -2.62. The number of hydrogen-bond acceptors (Lipinski definition) is 4. The van der Waals surface area contributed by atoms with Crippen molar-refractivity contribution in [1.29, 1.82) is 0 Å². The predicted molar refractivity (Wildman–Crippen MR) is 71.6 cm³/mol. The normalized spacial score (nSPS) is 17.7. The smallest absolute Gasteiger partial charge is 0.144 e. The molecule has 1 unspecified atom stereocenters. The van der Waals surface area contributed by atoms with Gasteiger partial charge < -0.3 is 4.42 Å². The summed E-state index contributed by atoms with van der Waals surface area (Å²) in [4.78, 5) is 10.5. The van der Waals surface area contributed by atoms with Crippen molar-refractivity contribution in [2.45, 2.75) is 6.04 Å². The second-order valence-corrected chi connectivity index (χ2v) is 4.15. The van der Waals surface area contributed by atoms with Crippen molar-refractivity contribution in [2.75, 3.05) is 0 Å². The number of carbonyl (C=O) groups is 1. The summed E-state index contributed by atoms with van der Waals surface area (Å²) in [6, 6.07) is 11.6. The van der Waals surface area contributed by atoms with Crippen molar-refractivity contribution in [3.8, 4) is 0 Å². The van der Waals surface area contributed by atoms with Crippen LogP contribution in [0.15, 0.2) is 64.5 Å². The van der Waals surface area contributed by atoms with Crippen molar-refractivity contribution in [3.05, 3.63) is 71.8 Å². The number of hydrogen-bond donors (Lipinski definition) is 0. The second kappa shape index (κ2) is 4.94. The summed E-state index contributed by atoms with van der Waals surface area (Å²) < 4.78 is 5.50. The van der Waals surface area contributed by atoms with E-state index in [0.29, 0.717) is 0 Å². The predicted octanol–water partition coefficient (Wildman–Crippen LogP) is 2.73. The first-order valence-electron chi connectivity index (χ1n) is 5.97. The lowest BCUT2D eigenvalue weighted by molar-refractivity contribution is -0.104. The van der Waals surface area contributed by atoms with Gasteiger partial charge in [0, 0.05) is 11.8 Å². The van der Waals surface area contributed by atoms with Gasteiger partial charge in [0.25, 0.3) is 0 Å². The number of carbonyl (C=O) groups excluding carboxylic acids is 1. The number of hydrazone groups is 1. The lowest BCUT2D eigenvalue weighted by Crippen LogP contribution is -2.24. The van der Waals surface area contributed by atoms with Crippen LogP contribution in [0.5, 0.6) is 0 Å². The Morgan fingerprint density at radius 1 is 1.21 bits per heavy atom. The SMILES string of the molecule is O=CC=CN1N=Cc2ccccc2C1c1ccco1. The topological polar surface area (TPSA) is 45.8 Å². The average Bonchev–Trinajstić information content (AvgIpc) is 2.98. The largest absolute Gasteiger partial charge is 0.467 e. The third-order valence-corrected chi connectivity index (χ3v) is 3.02. The van der Waals surface area contributed by atoms with Crippen molar-refractivity contribution in [2.24, 2.45) is 5.10 Å². The lowest BCUT2D eigenvalue weighted by Gasteiger charge is -2.29. The van der Waals surface area contributed by atoms with E-state index in [1.807, 2.05) is 36.4 Å². The first-order chi connectivity index (χ1) is 9.40. The maximum absolute atomic E-state index is 10.5. The van der Waals surface area contributed by atoms with Gasteiger partial charge in [-0.25, -0.2) is 0 Å². The van der Waals surface area contributed by atoms with Crippen LogP contribution in [0.25, 0.3) is 0 Å². The summed E-state index contributed by atoms with van der Waals surface area (Å²) in [5, 5.41) is 6.07. The van der Waals surface area contributed by atoms with Crippen LogP contribution in [0, 0.1) is 0 Å². The molecule has 2 aromatic rings. The number of rotatable bonds is 3. The summed E-state index contributed by atoms with van der Waals surface area (Å²) in [5.41, 5.74) is 2.16. The highest BCUT2D eigenvalue weighted by Crippen LogP contribution is 2.33. The van der Waals surface area contributed by atoms with Crippen molar-refractivity contribution >= 4 is 12.5 Å². The Morgan fingerprint density at radius 3 is 2.89 bits per heavy atom. The fourth-order valence-electron chi connectivity index (χ4n) is 2.19. The van der Waals surface area contributed by atoms with Crippen molar-refractivity contribution < 1.29 is 9.21 Å². The van der Waals surface area contributed by atoms with Gasteiger partial charge in [-0.15, -0.1) is 0 Å². The molecule has 0 radical (unpaired) electrons. The zero-order valence-corrected chi connectivity index (χ0v) is 10.1. The van der Waals surface area contributed by atoms with E-state index >= 15 is 0 Å². The fraction of sp³-hybridized carbons (Fsp3) is 0.0667. The molecule has 0 N–H and O–H groups in total. The zero-order chi connectivity index (χ0) is 13.1. The van der Waals surface area contributed by atoms with Gasteiger partial charge in [-0.2, -0.15) is 5.10 Å². The molecule has 1 aliphatic heterocycles. The van der Waals surface area contributed by atoms with E-state index in [9.17, 15) is 4.79 Å². The molecule has 1 atom stereocenters. The van der Waals surface area contributed by atoms with Crippen LogP contribution in [0.4, 0.5) is 0 Å². The molecular weight excluding hydrogens is 240 g/mol. The molecule has 4 nitrogen and oxygen atoms in total. The third kappa shape index (κ3) is 2.08. The van der Waals surface area contributed by atoms with Gasteiger partial charge in [-0.05, 0) is 23.8 Å². The molecule has 4 heteroatoms. The molecule has 0 saturated carbocycles. The molecule has 0 fully saturated rings. The summed E-state index contributed by atoms with van der Waals surface area (Å²) >= 11 is 0. The molecular formula is C15H12N2O2. The van der Waals surface area contributed by atoms with Gasteiger partial charge in [0.2, 0.25) is 0 Å². The molecule has 0 bridgehead atoms. The number of fused-ring (bicyclic) bond motifs is 1. The maximum atomic E-state index is 10.5. The van der Waals surface area contributed by atoms with Crippen LogP contribution in [-0.2, 0) is 4.79 Å². The van der Waals surface area contributed by atoms with Crippen LogP contribution in [0.2, 0.25) is 0 Å². The van der Waals surface area contributed by atoms with E-state index in [0.717, 1.165) is 23.2 Å². The molecule has 3 rings (SSSR count). The van der Waals surface area contributed by atoms with Crippen LogP contribution in [0.3, 0.4) is 0 Å². The monoisotopic (exact) mass is 252 g/mol. The molecule has 0 aliphatic carbocycles. The summed E-state index contributed by atoms with van der Waals surface area (Å²) in [7, 11) is 0. The van der Waals surface area contributed by atoms with E-state index in [-0.39, 0.29) is 6.04 Å². The van der Waals surface area contributed by atoms with Crippen LogP contribution in [0.1, 0.15) is 22.9 Å². The zero-order valence-electron chi connectivity index (χ0n) is 10.1. The second-order valence-electron chi connectivity index (χ2n) is 4.15. The van der Waals surface area contributed by atoms with Gasteiger partial charge in [0.15, 0.2) is 0 Å². The summed E-state index contributed by atoms with van der Waals surface area (Å²) in [5.74, 6) is 0.792. The Morgan fingerprint density at radius 2 is 2.11 bits per heavy atom. The Kier molecular flexibility index (Phi) is 2.98. The van der Waals surface area contributed by atoms with E-state index in [4.69, 9.17) is 4.42 Å². The van der Waals surface area contributed by atoms with Gasteiger partial charge in [0.1, 0.15) is 18.1 Å². The molecule has 1 aliphatic rings. The minimum absolute atomic E-state index is 0.146. The van der Waals surface area contributed by atoms with E-state index in [1.165, 1.54) is 6.08 Å². The van der Waals surface area contributed by atoms with E-state index < -0.39 is 0 Å². The average molecular weight is 252 g/mol. The number of furan rings is 1. The van der Waals surface area contributed by atoms with Crippen molar-refractivity contribution in [3.63, 3.8) is 0 Å². The molecule has 94 valence electrons. The molecule has 19 heavy (non-hydrogen) atoms. The summed E-state index contributed by atoms with van der Waals surface area (Å²) in [6.45, 7) is 0. The Balaban J connectivity index is 2.09. The molecule has 1 aromatic heterocycles. The number of benzene rings is 1. The Bertz CT molecular complexity index is 629. The molecule has 0 saturated heterocycles. The van der Waals surface area contributed by atoms with Gasteiger partial charge >= 0.3 is 0 Å². The van der Waals surface area contributed by atoms with Gasteiger partial charge in [-0.1, -0.05) is 24.3 Å². The standard InChI is InChI=1S/C15H12N2O2/c18-9-4-8-17-15(14-7-3-10-19-14)13-6-2-1-5-12(13)11-16-17/h1-11,15H. The molecule has 0 amide bonds. The van der Waals surface area contributed by atoms with Gasteiger partial charge in [-0.3, -0.25) is 9.80 Å². The number of nitrogens with zero attached hydrogens (tertiary/aromatic N) is 2. The van der Waals surface area contributed by atoms with E-state index in [2.05, 4.69) is 5.10 Å². The quantitative estimate of drug-likeness (QED) is 0.623. The van der Waals surface area contributed by atoms with Crippen molar-refractivity contribution in [1.82, 2.24) is 5.01 Å². The highest BCUT2D eigenvalue weighted by molar-refractivity contribution is 5.83. The first kappa shape index (κ1) is 11.5. The molecule has 1 aromatic carbocycles.